The molecule has 4 rings (SSSR count). The molecule has 0 bridgehead atoms. The molecule has 0 aliphatic carbocycles. The molecule has 3 N–H and O–H groups in total. The minimum atomic E-state index is -1.35. The summed E-state index contributed by atoms with van der Waals surface area (Å²) in [6.45, 7) is 1.89. The Bertz CT molecular complexity index is 974. The highest BCUT2D eigenvalue weighted by Crippen LogP contribution is 2.41. The highest BCUT2D eigenvalue weighted by atomic mass is 19.1. The zero-order valence-corrected chi connectivity index (χ0v) is 14.2. The van der Waals surface area contributed by atoms with Gasteiger partial charge in [0.25, 0.3) is 0 Å². The fourth-order valence-electron chi connectivity index (χ4n) is 3.70. The molecule has 1 aromatic carbocycles. The van der Waals surface area contributed by atoms with E-state index in [9.17, 15) is 19.1 Å². The van der Waals surface area contributed by atoms with Gasteiger partial charge in [0.1, 0.15) is 16.8 Å². The van der Waals surface area contributed by atoms with Crippen LogP contribution < -0.4 is 25.8 Å². The number of carboxylic acid groups (broad SMARTS) is 1. The second kappa shape index (κ2) is 5.87. The van der Waals surface area contributed by atoms with Crippen LogP contribution in [0.25, 0.3) is 10.9 Å². The molecule has 2 aliphatic heterocycles. The van der Waals surface area contributed by atoms with Crippen LogP contribution in [0.3, 0.4) is 0 Å². The van der Waals surface area contributed by atoms with E-state index in [1.165, 1.54) is 6.20 Å². The molecule has 2 aromatic rings. The van der Waals surface area contributed by atoms with Crippen LogP contribution in [0.1, 0.15) is 16.8 Å². The van der Waals surface area contributed by atoms with E-state index in [1.54, 1.807) is 16.7 Å². The van der Waals surface area contributed by atoms with Crippen LogP contribution in [-0.2, 0) is 0 Å². The Kier molecular flexibility index (Phi) is 3.76. The van der Waals surface area contributed by atoms with Crippen molar-refractivity contribution in [3.8, 4) is 5.75 Å². The zero-order valence-electron chi connectivity index (χ0n) is 14.2. The maximum Gasteiger partial charge on any atom is 0.341 e. The average molecular weight is 362 g/mol. The Morgan fingerprint density at radius 3 is 2.92 bits per heavy atom. The van der Waals surface area contributed by atoms with Crippen LogP contribution in [0.2, 0.25) is 0 Å². The lowest BCUT2D eigenvalue weighted by molar-refractivity contribution is 0.0694. The monoisotopic (exact) mass is 362 g/mol. The minimum absolute atomic E-state index is 0.0118. The van der Waals surface area contributed by atoms with Crippen molar-refractivity contribution in [1.82, 2.24) is 4.68 Å². The van der Waals surface area contributed by atoms with E-state index >= 15 is 0 Å². The molecule has 138 valence electrons. The number of hydrogen-bond acceptors (Lipinski definition) is 6. The Morgan fingerprint density at radius 2 is 2.27 bits per heavy atom. The number of aromatic nitrogens is 1. The number of aromatic carboxylic acids is 1. The predicted octanol–water partition coefficient (Wildman–Crippen LogP) is 0.541. The Balaban J connectivity index is 2.01. The summed E-state index contributed by atoms with van der Waals surface area (Å²) in [7, 11) is 1.70. The fraction of sp³-hybridized carbons (Fsp3) is 0.412. The van der Waals surface area contributed by atoms with Gasteiger partial charge in [0.05, 0.1) is 5.39 Å². The number of pyridine rings is 1. The zero-order chi connectivity index (χ0) is 18.6. The van der Waals surface area contributed by atoms with Crippen LogP contribution in [-0.4, -0.2) is 49.2 Å². The number of benzene rings is 1. The number of carbonyl (C=O) groups is 1. The van der Waals surface area contributed by atoms with Crippen molar-refractivity contribution in [3.05, 3.63) is 33.9 Å². The van der Waals surface area contributed by atoms with Crippen molar-refractivity contribution < 1.29 is 19.0 Å². The van der Waals surface area contributed by atoms with Gasteiger partial charge in [0.2, 0.25) is 5.43 Å². The van der Waals surface area contributed by atoms with Gasteiger partial charge in [-0.3, -0.25) is 14.5 Å². The van der Waals surface area contributed by atoms with Gasteiger partial charge in [-0.05, 0) is 24.9 Å². The lowest BCUT2D eigenvalue weighted by Crippen LogP contribution is -2.40. The molecule has 1 atom stereocenters. The minimum Gasteiger partial charge on any atom is -0.477 e. The van der Waals surface area contributed by atoms with Crippen molar-refractivity contribution in [3.63, 3.8) is 0 Å². The molecule has 9 heteroatoms. The van der Waals surface area contributed by atoms with Gasteiger partial charge in [0, 0.05) is 26.3 Å². The first-order valence-electron chi connectivity index (χ1n) is 8.36. The summed E-state index contributed by atoms with van der Waals surface area (Å²) in [6, 6.07) is 1.11. The van der Waals surface area contributed by atoms with E-state index in [1.807, 2.05) is 4.90 Å². The standard InChI is InChI=1S/C17H19FN4O4/c1-20-8-26-16-13-10(15(23)11(17(24)25)7-22(13)20)4-12(18)14(16)21-3-2-9(5-19)6-21/h4,7,9H,2-3,5-6,8,19H2,1H3,(H,24,25). The second-order valence-electron chi connectivity index (χ2n) is 6.72. The summed E-state index contributed by atoms with van der Waals surface area (Å²) in [5.74, 6) is -1.40. The van der Waals surface area contributed by atoms with E-state index in [4.69, 9.17) is 10.5 Å². The largest absolute Gasteiger partial charge is 0.477 e. The van der Waals surface area contributed by atoms with Crippen LogP contribution in [0, 0.1) is 11.7 Å². The van der Waals surface area contributed by atoms with Gasteiger partial charge >= 0.3 is 5.97 Å². The first-order chi connectivity index (χ1) is 12.4. The summed E-state index contributed by atoms with van der Waals surface area (Å²) < 4.78 is 22.3. The van der Waals surface area contributed by atoms with E-state index in [2.05, 4.69) is 0 Å². The van der Waals surface area contributed by atoms with Crippen LogP contribution in [0.5, 0.6) is 5.75 Å². The van der Waals surface area contributed by atoms with E-state index in [0.717, 1.165) is 12.5 Å². The molecule has 1 saturated heterocycles. The van der Waals surface area contributed by atoms with Crippen LogP contribution in [0.4, 0.5) is 10.1 Å². The predicted molar refractivity (Wildman–Crippen MR) is 94.1 cm³/mol. The van der Waals surface area contributed by atoms with Gasteiger partial charge in [0.15, 0.2) is 18.3 Å². The fourth-order valence-corrected chi connectivity index (χ4v) is 3.70. The highest BCUT2D eigenvalue weighted by Gasteiger charge is 2.32. The first-order valence-corrected chi connectivity index (χ1v) is 8.36. The SMILES string of the molecule is CN1COc2c(N3CCC(CN)C3)c(F)cc3c(=O)c(C(=O)O)cn1c23. The summed E-state index contributed by atoms with van der Waals surface area (Å²) in [5, 5.41) is 10.9. The smallest absolute Gasteiger partial charge is 0.341 e. The van der Waals surface area contributed by atoms with Crippen molar-refractivity contribution in [2.45, 2.75) is 6.42 Å². The Hall–Kier alpha value is -2.81. The number of carboxylic acids is 1. The van der Waals surface area contributed by atoms with Gasteiger partial charge in [-0.2, -0.15) is 0 Å². The van der Waals surface area contributed by atoms with Crippen molar-refractivity contribution in [1.29, 1.82) is 0 Å². The molecule has 8 nitrogen and oxygen atoms in total. The number of nitrogens with two attached hydrogens (primary N) is 1. The maximum absolute atomic E-state index is 15.0. The molecule has 0 spiro atoms. The van der Waals surface area contributed by atoms with Crippen molar-refractivity contribution >= 4 is 22.6 Å². The number of anilines is 1. The molecule has 0 amide bonds. The summed E-state index contributed by atoms with van der Waals surface area (Å²) >= 11 is 0. The van der Waals surface area contributed by atoms with Crippen molar-refractivity contribution in [2.75, 3.05) is 43.3 Å². The third-order valence-corrected chi connectivity index (χ3v) is 5.08. The van der Waals surface area contributed by atoms with Crippen LogP contribution >= 0.6 is 0 Å². The summed E-state index contributed by atoms with van der Waals surface area (Å²) in [4.78, 5) is 25.8. The molecule has 3 heterocycles. The lowest BCUT2D eigenvalue weighted by atomic mass is 10.1. The Labute approximate surface area is 148 Å². The van der Waals surface area contributed by atoms with E-state index in [-0.39, 0.29) is 23.8 Å². The number of ether oxygens (including phenoxy) is 1. The van der Waals surface area contributed by atoms with Crippen LogP contribution in [0.15, 0.2) is 17.1 Å². The molecule has 0 saturated carbocycles. The first kappa shape index (κ1) is 16.6. The third kappa shape index (κ3) is 2.31. The maximum atomic E-state index is 15.0. The highest BCUT2D eigenvalue weighted by molar-refractivity contribution is 5.97. The molecule has 26 heavy (non-hydrogen) atoms. The topological polar surface area (TPSA) is 101 Å². The molecular weight excluding hydrogens is 343 g/mol. The number of hydrogen-bond donors (Lipinski definition) is 2. The quantitative estimate of drug-likeness (QED) is 0.822. The third-order valence-electron chi connectivity index (χ3n) is 5.08. The number of rotatable bonds is 3. The lowest BCUT2D eigenvalue weighted by Gasteiger charge is -2.33. The second-order valence-corrected chi connectivity index (χ2v) is 6.72. The van der Waals surface area contributed by atoms with E-state index in [0.29, 0.717) is 30.8 Å². The number of nitrogens with zero attached hydrogens (tertiary/aromatic N) is 3. The molecule has 2 aliphatic rings. The van der Waals surface area contributed by atoms with Crippen molar-refractivity contribution in [2.24, 2.45) is 11.7 Å². The number of halogens is 1. The normalized spacial score (nSPS) is 19.1. The van der Waals surface area contributed by atoms with Gasteiger partial charge < -0.3 is 20.5 Å². The molecular formula is C17H19FN4O4. The van der Waals surface area contributed by atoms with E-state index < -0.39 is 22.8 Å². The van der Waals surface area contributed by atoms with Gasteiger partial charge in [-0.1, -0.05) is 0 Å². The molecule has 1 fully saturated rings. The average Bonchev–Trinajstić information content (AvgIpc) is 3.07. The summed E-state index contributed by atoms with van der Waals surface area (Å²) in [5.41, 5.74) is 5.28. The Morgan fingerprint density at radius 1 is 1.50 bits per heavy atom. The van der Waals surface area contributed by atoms with Gasteiger partial charge in [-0.15, -0.1) is 0 Å². The molecule has 1 aromatic heterocycles. The molecule has 1 unspecified atom stereocenters. The molecule has 0 radical (unpaired) electrons. The summed E-state index contributed by atoms with van der Waals surface area (Å²) in [6.07, 6.45) is 2.12. The van der Waals surface area contributed by atoms with Gasteiger partial charge in [-0.25, -0.2) is 9.18 Å².